The van der Waals surface area contributed by atoms with E-state index in [0.29, 0.717) is 6.42 Å². The first kappa shape index (κ1) is 15.9. The zero-order valence-corrected chi connectivity index (χ0v) is 12.1. The Kier molecular flexibility index (Phi) is 7.38. The number of unbranched alkanes of at least 4 members (excludes halogenated alkanes) is 2. The van der Waals surface area contributed by atoms with Crippen LogP contribution in [0, 0.1) is 6.92 Å². The number of hydrogen-bond acceptors (Lipinski definition) is 3. The van der Waals surface area contributed by atoms with E-state index in [1.807, 2.05) is 38.2 Å². The van der Waals surface area contributed by atoms with Gasteiger partial charge in [-0.1, -0.05) is 24.3 Å². The summed E-state index contributed by atoms with van der Waals surface area (Å²) in [5, 5.41) is 8.70. The van der Waals surface area contributed by atoms with E-state index in [0.717, 1.165) is 43.5 Å². The van der Waals surface area contributed by atoms with Crippen molar-refractivity contribution in [1.82, 2.24) is 4.90 Å². The Morgan fingerprint density at radius 1 is 1.16 bits per heavy atom. The van der Waals surface area contributed by atoms with E-state index in [1.165, 1.54) is 0 Å². The van der Waals surface area contributed by atoms with Crippen LogP contribution in [-0.2, 0) is 0 Å². The van der Waals surface area contributed by atoms with Gasteiger partial charge in [0.2, 0.25) is 0 Å². The van der Waals surface area contributed by atoms with Crippen LogP contribution in [-0.4, -0.2) is 42.5 Å². The van der Waals surface area contributed by atoms with Gasteiger partial charge in [0, 0.05) is 25.1 Å². The minimum atomic E-state index is 0.223. The SMILES string of the molecule is Cc1ccccc1C(=O)CCN(C)CCCCCO. The largest absolute Gasteiger partial charge is 0.396 e. The molecule has 1 rings (SSSR count). The minimum Gasteiger partial charge on any atom is -0.396 e. The van der Waals surface area contributed by atoms with Gasteiger partial charge in [-0.15, -0.1) is 0 Å². The lowest BCUT2D eigenvalue weighted by molar-refractivity contribution is 0.0968. The first-order chi connectivity index (χ1) is 9.15. The zero-order chi connectivity index (χ0) is 14.1. The number of aliphatic hydroxyl groups excluding tert-OH is 1. The molecule has 1 aromatic rings. The van der Waals surface area contributed by atoms with Crippen molar-refractivity contribution >= 4 is 5.78 Å². The van der Waals surface area contributed by atoms with Gasteiger partial charge in [-0.25, -0.2) is 0 Å². The fraction of sp³-hybridized carbons (Fsp3) is 0.562. The van der Waals surface area contributed by atoms with Crippen LogP contribution in [0.1, 0.15) is 41.6 Å². The van der Waals surface area contributed by atoms with Crippen LogP contribution >= 0.6 is 0 Å². The lowest BCUT2D eigenvalue weighted by atomic mass is 10.0. The summed E-state index contributed by atoms with van der Waals surface area (Å²) in [5.74, 6) is 0.223. The van der Waals surface area contributed by atoms with E-state index in [9.17, 15) is 4.79 Å². The number of carbonyl (C=O) groups is 1. The Labute approximate surface area is 116 Å². The number of aliphatic hydroxyl groups is 1. The van der Waals surface area contributed by atoms with Crippen molar-refractivity contribution in [1.29, 1.82) is 0 Å². The van der Waals surface area contributed by atoms with Crippen molar-refractivity contribution in [3.63, 3.8) is 0 Å². The molecule has 19 heavy (non-hydrogen) atoms. The number of benzene rings is 1. The Morgan fingerprint density at radius 2 is 1.89 bits per heavy atom. The molecule has 0 heterocycles. The first-order valence-electron chi connectivity index (χ1n) is 7.03. The summed E-state index contributed by atoms with van der Waals surface area (Å²) in [6, 6.07) is 7.75. The number of rotatable bonds is 9. The van der Waals surface area contributed by atoms with Crippen LogP contribution < -0.4 is 0 Å². The van der Waals surface area contributed by atoms with Gasteiger partial charge in [-0.3, -0.25) is 4.79 Å². The van der Waals surface area contributed by atoms with Crippen molar-refractivity contribution in [3.05, 3.63) is 35.4 Å². The summed E-state index contributed by atoms with van der Waals surface area (Å²) in [7, 11) is 2.05. The Balaban J connectivity index is 2.28. The molecule has 0 spiro atoms. The normalized spacial score (nSPS) is 10.9. The van der Waals surface area contributed by atoms with Crippen LogP contribution in [0.2, 0.25) is 0 Å². The highest BCUT2D eigenvalue weighted by atomic mass is 16.2. The van der Waals surface area contributed by atoms with E-state index >= 15 is 0 Å². The van der Waals surface area contributed by atoms with Crippen molar-refractivity contribution in [2.24, 2.45) is 0 Å². The van der Waals surface area contributed by atoms with Gasteiger partial charge < -0.3 is 10.0 Å². The fourth-order valence-corrected chi connectivity index (χ4v) is 2.09. The van der Waals surface area contributed by atoms with Gasteiger partial charge in [0.15, 0.2) is 5.78 Å². The average Bonchev–Trinajstić information content (AvgIpc) is 2.41. The van der Waals surface area contributed by atoms with Gasteiger partial charge in [-0.05, 0) is 45.3 Å². The van der Waals surface area contributed by atoms with E-state index in [4.69, 9.17) is 5.11 Å². The molecule has 0 unspecified atom stereocenters. The van der Waals surface area contributed by atoms with Crippen LogP contribution in [0.3, 0.4) is 0 Å². The van der Waals surface area contributed by atoms with Gasteiger partial charge in [0.1, 0.15) is 0 Å². The minimum absolute atomic E-state index is 0.223. The molecule has 0 amide bonds. The average molecular weight is 263 g/mol. The summed E-state index contributed by atoms with van der Waals surface area (Å²) < 4.78 is 0. The Bertz CT molecular complexity index is 390. The Hall–Kier alpha value is -1.19. The third-order valence-corrected chi connectivity index (χ3v) is 3.36. The molecule has 1 aromatic carbocycles. The number of nitrogens with zero attached hydrogens (tertiary/aromatic N) is 1. The molecule has 3 heteroatoms. The number of Topliss-reactive ketones (excluding diaryl/α,β-unsaturated/α-hetero) is 1. The number of carbonyl (C=O) groups excluding carboxylic acids is 1. The van der Waals surface area contributed by atoms with Crippen molar-refractivity contribution in [3.8, 4) is 0 Å². The third kappa shape index (κ3) is 5.99. The topological polar surface area (TPSA) is 40.5 Å². The molecule has 3 nitrogen and oxygen atoms in total. The summed E-state index contributed by atoms with van der Waals surface area (Å²) in [6.45, 7) is 4.04. The van der Waals surface area contributed by atoms with Gasteiger partial charge >= 0.3 is 0 Å². The third-order valence-electron chi connectivity index (χ3n) is 3.36. The molecule has 106 valence electrons. The second-order valence-electron chi connectivity index (χ2n) is 5.08. The smallest absolute Gasteiger partial charge is 0.164 e. The lowest BCUT2D eigenvalue weighted by Gasteiger charge is -2.16. The van der Waals surface area contributed by atoms with Crippen LogP contribution in [0.5, 0.6) is 0 Å². The molecular formula is C16H25NO2. The highest BCUT2D eigenvalue weighted by Gasteiger charge is 2.09. The monoisotopic (exact) mass is 263 g/mol. The molecule has 0 bridgehead atoms. The van der Waals surface area contributed by atoms with E-state index in [-0.39, 0.29) is 12.4 Å². The molecule has 0 aliphatic rings. The Morgan fingerprint density at radius 3 is 2.58 bits per heavy atom. The van der Waals surface area contributed by atoms with Crippen LogP contribution in [0.25, 0.3) is 0 Å². The molecule has 0 fully saturated rings. The molecule has 0 saturated heterocycles. The maximum atomic E-state index is 12.1. The van der Waals surface area contributed by atoms with Crippen LogP contribution in [0.4, 0.5) is 0 Å². The quantitative estimate of drug-likeness (QED) is 0.550. The summed E-state index contributed by atoms with van der Waals surface area (Å²) >= 11 is 0. The lowest BCUT2D eigenvalue weighted by Crippen LogP contribution is -2.23. The maximum Gasteiger partial charge on any atom is 0.164 e. The second-order valence-corrected chi connectivity index (χ2v) is 5.08. The summed E-state index contributed by atoms with van der Waals surface area (Å²) in [5.41, 5.74) is 1.90. The summed E-state index contributed by atoms with van der Waals surface area (Å²) in [6.07, 6.45) is 3.57. The molecule has 0 radical (unpaired) electrons. The predicted octanol–water partition coefficient (Wildman–Crippen LogP) is 2.66. The number of ketones is 1. The van der Waals surface area contributed by atoms with Crippen molar-refractivity contribution in [2.75, 3.05) is 26.7 Å². The standard InChI is InChI=1S/C16H25NO2/c1-14-8-4-5-9-15(14)16(19)10-12-17(2)11-6-3-7-13-18/h4-5,8-9,18H,3,6-7,10-13H2,1-2H3. The molecule has 1 N–H and O–H groups in total. The van der Waals surface area contributed by atoms with E-state index in [1.54, 1.807) is 0 Å². The molecule has 0 saturated carbocycles. The molecule has 0 atom stereocenters. The first-order valence-corrected chi connectivity index (χ1v) is 7.03. The van der Waals surface area contributed by atoms with E-state index < -0.39 is 0 Å². The highest BCUT2D eigenvalue weighted by molar-refractivity contribution is 5.97. The fourth-order valence-electron chi connectivity index (χ4n) is 2.09. The molecule has 0 aromatic heterocycles. The van der Waals surface area contributed by atoms with Crippen LogP contribution in [0.15, 0.2) is 24.3 Å². The van der Waals surface area contributed by atoms with Gasteiger partial charge in [0.25, 0.3) is 0 Å². The number of aryl methyl sites for hydroxylation is 1. The highest BCUT2D eigenvalue weighted by Crippen LogP contribution is 2.10. The second kappa shape index (κ2) is 8.83. The van der Waals surface area contributed by atoms with Gasteiger partial charge in [-0.2, -0.15) is 0 Å². The summed E-state index contributed by atoms with van der Waals surface area (Å²) in [4.78, 5) is 14.3. The van der Waals surface area contributed by atoms with Crippen molar-refractivity contribution < 1.29 is 9.90 Å². The zero-order valence-electron chi connectivity index (χ0n) is 12.1. The van der Waals surface area contributed by atoms with E-state index in [2.05, 4.69) is 4.90 Å². The van der Waals surface area contributed by atoms with Crippen molar-refractivity contribution in [2.45, 2.75) is 32.6 Å². The predicted molar refractivity (Wildman–Crippen MR) is 78.6 cm³/mol. The number of hydrogen-bond donors (Lipinski definition) is 1. The van der Waals surface area contributed by atoms with Gasteiger partial charge in [0.05, 0.1) is 0 Å². The molecular weight excluding hydrogens is 238 g/mol. The molecule has 0 aliphatic heterocycles. The molecule has 0 aliphatic carbocycles. The maximum absolute atomic E-state index is 12.1.